The molecule has 0 aliphatic rings. The Labute approximate surface area is 164 Å². The van der Waals surface area contributed by atoms with Gasteiger partial charge in [-0.2, -0.15) is 0 Å². The fraction of sp³-hybridized carbons (Fsp3) is 0.450. The van der Waals surface area contributed by atoms with Crippen LogP contribution in [0, 0.1) is 13.8 Å². The molecular formula is C20H26N2O6. The summed E-state index contributed by atoms with van der Waals surface area (Å²) < 4.78 is 21.3. The Kier molecular flexibility index (Phi) is 7.43. The molecule has 0 saturated carbocycles. The topological polar surface area (TPSA) is 99.9 Å². The number of methoxy groups -OCH3 is 1. The minimum atomic E-state index is -0.351. The van der Waals surface area contributed by atoms with Crippen molar-refractivity contribution in [1.29, 1.82) is 0 Å². The van der Waals surface area contributed by atoms with Crippen LogP contribution in [-0.4, -0.2) is 36.8 Å². The van der Waals surface area contributed by atoms with E-state index in [4.69, 9.17) is 18.7 Å². The van der Waals surface area contributed by atoms with Crippen molar-refractivity contribution in [3.63, 3.8) is 0 Å². The summed E-state index contributed by atoms with van der Waals surface area (Å²) in [6.45, 7) is 7.69. The van der Waals surface area contributed by atoms with Crippen molar-refractivity contribution in [3.8, 4) is 11.5 Å². The van der Waals surface area contributed by atoms with Gasteiger partial charge in [0.05, 0.1) is 30.9 Å². The van der Waals surface area contributed by atoms with Gasteiger partial charge in [-0.15, -0.1) is 0 Å². The monoisotopic (exact) mass is 390 g/mol. The number of aryl methyl sites for hydroxylation is 2. The maximum atomic E-state index is 12.3. The first-order valence-corrected chi connectivity index (χ1v) is 9.02. The molecule has 28 heavy (non-hydrogen) atoms. The summed E-state index contributed by atoms with van der Waals surface area (Å²) in [7, 11) is 1.50. The summed E-state index contributed by atoms with van der Waals surface area (Å²) in [4.78, 5) is 23.8. The summed E-state index contributed by atoms with van der Waals surface area (Å²) in [5, 5.41) is 6.58. The third-order valence-electron chi connectivity index (χ3n) is 3.96. The Balaban J connectivity index is 1.96. The van der Waals surface area contributed by atoms with Gasteiger partial charge in [0.1, 0.15) is 12.4 Å². The third-order valence-corrected chi connectivity index (χ3v) is 3.96. The summed E-state index contributed by atoms with van der Waals surface area (Å²) in [5.74, 6) is 0.963. The molecule has 0 fully saturated rings. The van der Waals surface area contributed by atoms with Crippen LogP contribution in [0.3, 0.4) is 0 Å². The smallest absolute Gasteiger partial charge is 0.307 e. The molecule has 0 unspecified atom stereocenters. The average Bonchev–Trinajstić information content (AvgIpc) is 2.97. The first kappa shape index (κ1) is 21.3. The van der Waals surface area contributed by atoms with E-state index in [0.29, 0.717) is 22.8 Å². The Morgan fingerprint density at radius 3 is 2.57 bits per heavy atom. The van der Waals surface area contributed by atoms with Crippen LogP contribution in [0.15, 0.2) is 22.7 Å². The minimum absolute atomic E-state index is 0.111. The first-order valence-electron chi connectivity index (χ1n) is 9.02. The number of esters is 1. The summed E-state index contributed by atoms with van der Waals surface area (Å²) in [6, 6.07) is 4.89. The molecule has 2 rings (SSSR count). The molecule has 0 radical (unpaired) electrons. The van der Waals surface area contributed by atoms with Crippen molar-refractivity contribution in [3.05, 3.63) is 40.8 Å². The van der Waals surface area contributed by atoms with E-state index in [1.54, 1.807) is 32.0 Å². The largest absolute Gasteiger partial charge is 0.493 e. The van der Waals surface area contributed by atoms with Gasteiger partial charge in [0.15, 0.2) is 11.5 Å². The van der Waals surface area contributed by atoms with Gasteiger partial charge >= 0.3 is 5.97 Å². The lowest BCUT2D eigenvalue weighted by molar-refractivity contribution is -0.147. The quantitative estimate of drug-likeness (QED) is 0.657. The SMILES string of the molecule is COc1cc(C(=O)NCCC(=O)OC(C)C)ccc1OCc1c(C)noc1C. The molecule has 152 valence electrons. The van der Waals surface area contributed by atoms with E-state index < -0.39 is 0 Å². The average molecular weight is 390 g/mol. The van der Waals surface area contributed by atoms with Gasteiger partial charge in [-0.05, 0) is 45.9 Å². The predicted molar refractivity (Wildman–Crippen MR) is 101 cm³/mol. The van der Waals surface area contributed by atoms with Crippen molar-refractivity contribution in [2.45, 2.75) is 46.8 Å². The highest BCUT2D eigenvalue weighted by Gasteiger charge is 2.14. The summed E-state index contributed by atoms with van der Waals surface area (Å²) >= 11 is 0. The second kappa shape index (κ2) is 9.77. The Hall–Kier alpha value is -3.03. The number of carbonyl (C=O) groups is 2. The lowest BCUT2D eigenvalue weighted by Gasteiger charge is -2.12. The van der Waals surface area contributed by atoms with E-state index >= 15 is 0 Å². The zero-order chi connectivity index (χ0) is 20.7. The number of hydrogen-bond donors (Lipinski definition) is 1. The predicted octanol–water partition coefficient (Wildman–Crippen LogP) is 2.95. The molecule has 1 aromatic carbocycles. The second-order valence-electron chi connectivity index (χ2n) is 6.50. The van der Waals surface area contributed by atoms with Crippen LogP contribution in [0.1, 0.15) is 47.6 Å². The number of benzene rings is 1. The highest BCUT2D eigenvalue weighted by Crippen LogP contribution is 2.29. The van der Waals surface area contributed by atoms with E-state index in [-0.39, 0.29) is 37.6 Å². The van der Waals surface area contributed by atoms with Crippen LogP contribution >= 0.6 is 0 Å². The van der Waals surface area contributed by atoms with Gasteiger partial charge in [-0.3, -0.25) is 9.59 Å². The third kappa shape index (κ3) is 5.73. The standard InChI is InChI=1S/C20H26N2O6/c1-12(2)27-19(23)8-9-21-20(24)15-6-7-17(18(10-15)25-5)26-11-16-13(3)22-28-14(16)4/h6-7,10,12H,8-9,11H2,1-5H3,(H,21,24). The Bertz CT molecular complexity index is 809. The molecule has 1 amide bonds. The fourth-order valence-corrected chi connectivity index (χ4v) is 2.49. The second-order valence-corrected chi connectivity index (χ2v) is 6.50. The van der Waals surface area contributed by atoms with E-state index in [1.807, 2.05) is 13.8 Å². The number of nitrogens with zero attached hydrogens (tertiary/aromatic N) is 1. The van der Waals surface area contributed by atoms with E-state index in [9.17, 15) is 9.59 Å². The molecule has 8 heteroatoms. The van der Waals surface area contributed by atoms with Crippen molar-refractivity contribution in [2.75, 3.05) is 13.7 Å². The van der Waals surface area contributed by atoms with Gasteiger partial charge in [-0.25, -0.2) is 0 Å². The zero-order valence-corrected chi connectivity index (χ0v) is 16.8. The lowest BCUT2D eigenvalue weighted by atomic mass is 10.2. The Morgan fingerprint density at radius 1 is 1.21 bits per heavy atom. The number of carbonyl (C=O) groups excluding carboxylic acids is 2. The van der Waals surface area contributed by atoms with Gasteiger partial charge in [0.25, 0.3) is 5.91 Å². The van der Waals surface area contributed by atoms with E-state index in [1.165, 1.54) is 7.11 Å². The fourth-order valence-electron chi connectivity index (χ4n) is 2.49. The van der Waals surface area contributed by atoms with E-state index in [0.717, 1.165) is 11.3 Å². The van der Waals surface area contributed by atoms with Crippen LogP contribution in [0.5, 0.6) is 11.5 Å². The van der Waals surface area contributed by atoms with Crippen molar-refractivity contribution in [2.24, 2.45) is 0 Å². The number of rotatable bonds is 9. The normalized spacial score (nSPS) is 10.6. The van der Waals surface area contributed by atoms with Crippen LogP contribution in [0.4, 0.5) is 0 Å². The van der Waals surface area contributed by atoms with Crippen LogP contribution in [0.25, 0.3) is 0 Å². The van der Waals surface area contributed by atoms with Crippen molar-refractivity contribution < 1.29 is 28.3 Å². The molecule has 1 heterocycles. The number of aromatic nitrogens is 1. The molecule has 1 N–H and O–H groups in total. The molecule has 0 spiro atoms. The van der Waals surface area contributed by atoms with Gasteiger partial charge < -0.3 is 24.1 Å². The van der Waals surface area contributed by atoms with Gasteiger partial charge in [-0.1, -0.05) is 5.16 Å². The number of nitrogens with one attached hydrogen (secondary N) is 1. The van der Waals surface area contributed by atoms with Gasteiger partial charge in [0.2, 0.25) is 0 Å². The van der Waals surface area contributed by atoms with Crippen LogP contribution < -0.4 is 14.8 Å². The highest BCUT2D eigenvalue weighted by atomic mass is 16.5. The molecule has 8 nitrogen and oxygen atoms in total. The van der Waals surface area contributed by atoms with Gasteiger partial charge in [0, 0.05) is 12.1 Å². The molecule has 0 aliphatic heterocycles. The zero-order valence-electron chi connectivity index (χ0n) is 16.8. The summed E-state index contributed by atoms with van der Waals surface area (Å²) in [5.41, 5.74) is 2.04. The maximum absolute atomic E-state index is 12.3. The molecule has 0 aliphatic carbocycles. The number of amides is 1. The maximum Gasteiger partial charge on any atom is 0.307 e. The minimum Gasteiger partial charge on any atom is -0.493 e. The molecular weight excluding hydrogens is 364 g/mol. The lowest BCUT2D eigenvalue weighted by Crippen LogP contribution is -2.27. The van der Waals surface area contributed by atoms with E-state index in [2.05, 4.69) is 10.5 Å². The molecule has 1 aromatic heterocycles. The molecule has 0 saturated heterocycles. The highest BCUT2D eigenvalue weighted by molar-refractivity contribution is 5.95. The van der Waals surface area contributed by atoms with Crippen LogP contribution in [-0.2, 0) is 16.1 Å². The summed E-state index contributed by atoms with van der Waals surface area (Å²) in [6.07, 6.45) is -0.0647. The van der Waals surface area contributed by atoms with Crippen molar-refractivity contribution in [1.82, 2.24) is 10.5 Å². The number of hydrogen-bond acceptors (Lipinski definition) is 7. The molecule has 2 aromatic rings. The molecule has 0 atom stereocenters. The number of ether oxygens (including phenoxy) is 3. The van der Waals surface area contributed by atoms with Crippen molar-refractivity contribution >= 4 is 11.9 Å². The van der Waals surface area contributed by atoms with Crippen LogP contribution in [0.2, 0.25) is 0 Å². The molecule has 0 bridgehead atoms. The Morgan fingerprint density at radius 2 is 1.96 bits per heavy atom. The first-order chi connectivity index (χ1) is 13.3.